The van der Waals surface area contributed by atoms with E-state index in [-0.39, 0.29) is 23.6 Å². The first kappa shape index (κ1) is 24.0. The Kier molecular flexibility index (Phi) is 8.24. The van der Waals surface area contributed by atoms with Gasteiger partial charge in [0, 0.05) is 30.8 Å². The number of ether oxygens (including phenoxy) is 1. The molecule has 33 heavy (non-hydrogen) atoms. The molecule has 3 amide bonds. The lowest BCUT2D eigenvalue weighted by molar-refractivity contribution is -0.124. The molecule has 2 aromatic carbocycles. The van der Waals surface area contributed by atoms with Crippen LogP contribution < -0.4 is 15.4 Å². The van der Waals surface area contributed by atoms with Gasteiger partial charge in [-0.2, -0.15) is 0 Å². The minimum absolute atomic E-state index is 0.00137. The van der Waals surface area contributed by atoms with Crippen molar-refractivity contribution in [3.63, 3.8) is 0 Å². The third-order valence-corrected chi connectivity index (χ3v) is 6.02. The number of carbonyl (C=O) groups is 3. The highest BCUT2D eigenvalue weighted by molar-refractivity contribution is 5.98. The molecule has 1 aliphatic heterocycles. The fourth-order valence-corrected chi connectivity index (χ4v) is 4.07. The monoisotopic (exact) mass is 449 g/mol. The van der Waals surface area contributed by atoms with E-state index in [4.69, 9.17) is 4.74 Å². The van der Waals surface area contributed by atoms with Crippen molar-refractivity contribution >= 4 is 17.7 Å². The second-order valence-electron chi connectivity index (χ2n) is 8.16. The Morgan fingerprint density at radius 1 is 1.12 bits per heavy atom. The Labute approximate surface area is 194 Å². The molecular formula is C26H31N3O4. The number of hydrogen-bond donors (Lipinski definition) is 2. The maximum absolute atomic E-state index is 12.9. The lowest BCUT2D eigenvalue weighted by Crippen LogP contribution is -2.53. The first-order chi connectivity index (χ1) is 15.9. The number of hydrogen-bond acceptors (Lipinski definition) is 4. The van der Waals surface area contributed by atoms with Crippen LogP contribution in [-0.2, 0) is 4.79 Å². The van der Waals surface area contributed by atoms with Crippen molar-refractivity contribution in [2.45, 2.75) is 25.8 Å². The van der Waals surface area contributed by atoms with E-state index in [1.807, 2.05) is 36.1 Å². The van der Waals surface area contributed by atoms with Crippen molar-refractivity contribution < 1.29 is 19.1 Å². The van der Waals surface area contributed by atoms with Crippen molar-refractivity contribution in [2.24, 2.45) is 5.92 Å². The molecule has 0 aromatic heterocycles. The molecule has 1 aliphatic rings. The van der Waals surface area contributed by atoms with E-state index >= 15 is 0 Å². The molecule has 1 saturated heterocycles. The molecule has 7 heteroatoms. The average Bonchev–Trinajstić information content (AvgIpc) is 2.85. The first-order valence-electron chi connectivity index (χ1n) is 11.1. The van der Waals surface area contributed by atoms with Crippen molar-refractivity contribution in [3.8, 4) is 5.75 Å². The molecule has 2 aromatic rings. The lowest BCUT2D eigenvalue weighted by atomic mass is 9.88. The summed E-state index contributed by atoms with van der Waals surface area (Å²) in [6.07, 6.45) is 2.84. The molecule has 0 aliphatic carbocycles. The molecule has 1 atom stereocenters. The van der Waals surface area contributed by atoms with Gasteiger partial charge >= 0.3 is 0 Å². The highest BCUT2D eigenvalue weighted by atomic mass is 16.5. The lowest BCUT2D eigenvalue weighted by Gasteiger charge is -2.36. The molecule has 7 nitrogen and oxygen atoms in total. The van der Waals surface area contributed by atoms with E-state index in [1.165, 1.54) is 0 Å². The zero-order valence-electron chi connectivity index (χ0n) is 19.2. The average molecular weight is 450 g/mol. The van der Waals surface area contributed by atoms with Gasteiger partial charge in [-0.25, -0.2) is 0 Å². The smallest absolute Gasteiger partial charge is 0.254 e. The van der Waals surface area contributed by atoms with E-state index in [0.717, 1.165) is 5.56 Å². The normalized spacial score (nSPS) is 14.8. The summed E-state index contributed by atoms with van der Waals surface area (Å²) in [4.78, 5) is 40.5. The number of nitrogens with one attached hydrogen (secondary N) is 2. The summed E-state index contributed by atoms with van der Waals surface area (Å²) >= 11 is 0. The SMILES string of the molecule is C=CCNC(=O)[C@H](NC(=O)c1ccc(OC)cc1)C1CCN(C(=O)c2ccccc2C)CC1. The third kappa shape index (κ3) is 6.00. The fraction of sp³-hybridized carbons (Fsp3) is 0.346. The number of rotatable bonds is 8. The van der Waals surface area contributed by atoms with Gasteiger partial charge in [-0.1, -0.05) is 24.3 Å². The number of nitrogens with zero attached hydrogens (tertiary/aromatic N) is 1. The molecule has 0 unspecified atom stereocenters. The minimum Gasteiger partial charge on any atom is -0.497 e. The topological polar surface area (TPSA) is 87.7 Å². The Bertz CT molecular complexity index is 995. The highest BCUT2D eigenvalue weighted by Crippen LogP contribution is 2.24. The zero-order valence-corrected chi connectivity index (χ0v) is 19.2. The van der Waals surface area contributed by atoms with Crippen LogP contribution in [0, 0.1) is 12.8 Å². The second kappa shape index (κ2) is 11.3. The van der Waals surface area contributed by atoms with Crippen molar-refractivity contribution in [3.05, 3.63) is 77.9 Å². The van der Waals surface area contributed by atoms with Crippen LogP contribution in [0.3, 0.4) is 0 Å². The Balaban J connectivity index is 1.69. The molecule has 1 fully saturated rings. The minimum atomic E-state index is -0.699. The third-order valence-electron chi connectivity index (χ3n) is 6.02. The summed E-state index contributed by atoms with van der Waals surface area (Å²) in [5.41, 5.74) is 2.09. The van der Waals surface area contributed by atoms with Crippen LogP contribution in [0.1, 0.15) is 39.1 Å². The number of amides is 3. The molecule has 0 spiro atoms. The molecular weight excluding hydrogens is 418 g/mol. The maximum atomic E-state index is 12.9. The number of aryl methyl sites for hydroxylation is 1. The van der Waals surface area contributed by atoms with Crippen LogP contribution in [0.4, 0.5) is 0 Å². The second-order valence-corrected chi connectivity index (χ2v) is 8.16. The number of carbonyl (C=O) groups excluding carboxylic acids is 3. The standard InChI is InChI=1S/C26H31N3O4/c1-4-15-27-25(31)23(28-24(30)20-9-11-21(33-3)12-10-20)19-13-16-29(17-14-19)26(32)22-8-6-5-7-18(22)2/h4-12,19,23H,1,13-17H2,2-3H3,(H,27,31)(H,28,30)/t23-/m1/s1. The van der Waals surface area contributed by atoms with Gasteiger partial charge in [-0.05, 0) is 61.6 Å². The molecule has 0 bridgehead atoms. The van der Waals surface area contributed by atoms with Gasteiger partial charge in [-0.15, -0.1) is 6.58 Å². The zero-order chi connectivity index (χ0) is 23.8. The van der Waals surface area contributed by atoms with Crippen LogP contribution in [0.25, 0.3) is 0 Å². The van der Waals surface area contributed by atoms with Gasteiger partial charge in [0.2, 0.25) is 5.91 Å². The van der Waals surface area contributed by atoms with Crippen LogP contribution in [0.5, 0.6) is 5.75 Å². The summed E-state index contributed by atoms with van der Waals surface area (Å²) < 4.78 is 5.14. The van der Waals surface area contributed by atoms with E-state index < -0.39 is 6.04 Å². The molecule has 174 valence electrons. The molecule has 3 rings (SSSR count). The molecule has 0 saturated carbocycles. The molecule has 1 heterocycles. The molecule has 2 N–H and O–H groups in total. The number of likely N-dealkylation sites (tertiary alicyclic amines) is 1. The first-order valence-corrected chi connectivity index (χ1v) is 11.1. The maximum Gasteiger partial charge on any atom is 0.254 e. The summed E-state index contributed by atoms with van der Waals surface area (Å²) in [6, 6.07) is 13.6. The highest BCUT2D eigenvalue weighted by Gasteiger charge is 2.34. The number of piperidine rings is 1. The van der Waals surface area contributed by atoms with Gasteiger partial charge in [-0.3, -0.25) is 14.4 Å². The summed E-state index contributed by atoms with van der Waals surface area (Å²) in [5.74, 6) is -0.00723. The van der Waals surface area contributed by atoms with Gasteiger partial charge in [0.25, 0.3) is 11.8 Å². The van der Waals surface area contributed by atoms with Gasteiger partial charge in [0.1, 0.15) is 11.8 Å². The quantitative estimate of drug-likeness (QED) is 0.607. The van der Waals surface area contributed by atoms with Crippen LogP contribution in [-0.4, -0.2) is 55.4 Å². The molecule has 0 radical (unpaired) electrons. The van der Waals surface area contributed by atoms with Crippen molar-refractivity contribution in [2.75, 3.05) is 26.7 Å². The predicted molar refractivity (Wildman–Crippen MR) is 127 cm³/mol. The van der Waals surface area contributed by atoms with E-state index in [1.54, 1.807) is 37.5 Å². The number of benzene rings is 2. The Morgan fingerprint density at radius 3 is 2.39 bits per heavy atom. The van der Waals surface area contributed by atoms with E-state index in [0.29, 0.717) is 49.4 Å². The van der Waals surface area contributed by atoms with Crippen molar-refractivity contribution in [1.82, 2.24) is 15.5 Å². The Hall–Kier alpha value is -3.61. The van der Waals surface area contributed by atoms with Crippen LogP contribution in [0.15, 0.2) is 61.2 Å². The fourth-order valence-electron chi connectivity index (χ4n) is 4.07. The van der Waals surface area contributed by atoms with Gasteiger partial charge in [0.15, 0.2) is 0 Å². The van der Waals surface area contributed by atoms with Crippen LogP contribution in [0.2, 0.25) is 0 Å². The van der Waals surface area contributed by atoms with Gasteiger partial charge < -0.3 is 20.3 Å². The predicted octanol–water partition coefficient (Wildman–Crippen LogP) is 2.96. The largest absolute Gasteiger partial charge is 0.497 e. The van der Waals surface area contributed by atoms with Crippen molar-refractivity contribution in [1.29, 1.82) is 0 Å². The summed E-state index contributed by atoms with van der Waals surface area (Å²) in [7, 11) is 1.56. The summed E-state index contributed by atoms with van der Waals surface area (Å²) in [5, 5.41) is 5.70. The Morgan fingerprint density at radius 2 is 1.79 bits per heavy atom. The van der Waals surface area contributed by atoms with Crippen LogP contribution >= 0.6 is 0 Å². The summed E-state index contributed by atoms with van der Waals surface area (Å²) in [6.45, 7) is 6.94. The van der Waals surface area contributed by atoms with Gasteiger partial charge in [0.05, 0.1) is 7.11 Å². The number of methoxy groups -OCH3 is 1. The van der Waals surface area contributed by atoms with E-state index in [2.05, 4.69) is 17.2 Å². The van der Waals surface area contributed by atoms with E-state index in [9.17, 15) is 14.4 Å².